The predicted molar refractivity (Wildman–Crippen MR) is 89.6 cm³/mol. The molecule has 0 fully saturated rings. The van der Waals surface area contributed by atoms with E-state index in [4.69, 9.17) is 9.84 Å². The number of sulfone groups is 1. The number of carboxylic acids is 1. The van der Waals surface area contributed by atoms with Gasteiger partial charge in [-0.3, -0.25) is 4.79 Å². The summed E-state index contributed by atoms with van der Waals surface area (Å²) in [6.45, 7) is 4.50. The van der Waals surface area contributed by atoms with Crippen LogP contribution in [0.1, 0.15) is 26.3 Å². The first-order valence-corrected chi connectivity index (χ1v) is 8.97. The lowest BCUT2D eigenvalue weighted by molar-refractivity contribution is -0.139. The zero-order valence-electron chi connectivity index (χ0n) is 14.3. The fourth-order valence-electron chi connectivity index (χ4n) is 1.69. The molecule has 7 nitrogen and oxygen atoms in total. The maximum Gasteiger partial charge on any atom is 0.341 e. The Morgan fingerprint density at radius 2 is 1.71 bits per heavy atom. The van der Waals surface area contributed by atoms with Gasteiger partial charge in [-0.1, -0.05) is 12.1 Å². The Morgan fingerprint density at radius 1 is 1.17 bits per heavy atom. The van der Waals surface area contributed by atoms with Crippen molar-refractivity contribution in [2.75, 3.05) is 19.4 Å². The van der Waals surface area contributed by atoms with Gasteiger partial charge in [-0.15, -0.1) is 0 Å². The summed E-state index contributed by atoms with van der Waals surface area (Å²) in [5.74, 6) is -1.67. The molecule has 1 aromatic rings. The SMILES string of the molecule is CN(Cc1ccc(OCC(=O)O)cc1)C(=O)CS(=O)(=O)C(C)(C)C. The van der Waals surface area contributed by atoms with Crippen LogP contribution in [0.4, 0.5) is 0 Å². The van der Waals surface area contributed by atoms with Crippen molar-refractivity contribution >= 4 is 21.7 Å². The number of carbonyl (C=O) groups is 2. The van der Waals surface area contributed by atoms with Gasteiger partial charge in [-0.05, 0) is 38.5 Å². The molecule has 8 heteroatoms. The van der Waals surface area contributed by atoms with Gasteiger partial charge < -0.3 is 14.7 Å². The van der Waals surface area contributed by atoms with E-state index in [2.05, 4.69) is 0 Å². The molecule has 0 radical (unpaired) electrons. The smallest absolute Gasteiger partial charge is 0.341 e. The van der Waals surface area contributed by atoms with E-state index in [0.717, 1.165) is 5.56 Å². The summed E-state index contributed by atoms with van der Waals surface area (Å²) in [6.07, 6.45) is 0. The van der Waals surface area contributed by atoms with Crippen molar-refractivity contribution < 1.29 is 27.9 Å². The molecule has 0 heterocycles. The van der Waals surface area contributed by atoms with Gasteiger partial charge in [0.2, 0.25) is 5.91 Å². The molecule has 0 aromatic heterocycles. The van der Waals surface area contributed by atoms with Gasteiger partial charge in [0, 0.05) is 13.6 Å². The van der Waals surface area contributed by atoms with E-state index in [1.807, 2.05) is 0 Å². The molecule has 0 aliphatic heterocycles. The largest absolute Gasteiger partial charge is 0.482 e. The second kappa shape index (κ2) is 7.65. The monoisotopic (exact) mass is 357 g/mol. The maximum atomic E-state index is 12.1. The van der Waals surface area contributed by atoms with E-state index in [9.17, 15) is 18.0 Å². The second-order valence-electron chi connectivity index (χ2n) is 6.45. The van der Waals surface area contributed by atoms with E-state index >= 15 is 0 Å². The number of hydrogen-bond donors (Lipinski definition) is 1. The fourth-order valence-corrected chi connectivity index (χ4v) is 2.67. The molecule has 24 heavy (non-hydrogen) atoms. The van der Waals surface area contributed by atoms with E-state index < -0.39 is 38.8 Å². The molecule has 0 spiro atoms. The van der Waals surface area contributed by atoms with Crippen LogP contribution in [0.25, 0.3) is 0 Å². The van der Waals surface area contributed by atoms with Crippen molar-refractivity contribution in [3.63, 3.8) is 0 Å². The van der Waals surface area contributed by atoms with Crippen molar-refractivity contribution in [2.24, 2.45) is 0 Å². The molecule has 134 valence electrons. The highest BCUT2D eigenvalue weighted by atomic mass is 32.2. The van der Waals surface area contributed by atoms with Crippen molar-refractivity contribution in [3.8, 4) is 5.75 Å². The average molecular weight is 357 g/mol. The Labute approximate surface area is 142 Å². The van der Waals surface area contributed by atoms with Gasteiger partial charge in [0.05, 0.1) is 4.75 Å². The number of benzene rings is 1. The Kier molecular flexibility index (Phi) is 6.36. The van der Waals surface area contributed by atoms with Gasteiger partial charge >= 0.3 is 5.97 Å². The molecule has 1 amide bonds. The molecule has 0 atom stereocenters. The lowest BCUT2D eigenvalue weighted by atomic mass is 10.2. The molecule has 1 aromatic carbocycles. The summed E-state index contributed by atoms with van der Waals surface area (Å²) >= 11 is 0. The molecule has 0 saturated carbocycles. The van der Waals surface area contributed by atoms with E-state index in [-0.39, 0.29) is 6.54 Å². The summed E-state index contributed by atoms with van der Waals surface area (Å²) in [5, 5.41) is 8.54. The first kappa shape index (κ1) is 20.0. The summed E-state index contributed by atoms with van der Waals surface area (Å²) in [6, 6.07) is 6.59. The number of aliphatic carboxylic acids is 1. The molecule has 0 unspecified atom stereocenters. The summed E-state index contributed by atoms with van der Waals surface area (Å²) in [5.41, 5.74) is 0.779. The molecule has 0 saturated heterocycles. The van der Waals surface area contributed by atoms with Gasteiger partial charge in [-0.25, -0.2) is 13.2 Å². The van der Waals surface area contributed by atoms with Crippen LogP contribution in [0.15, 0.2) is 24.3 Å². The lowest BCUT2D eigenvalue weighted by Crippen LogP contribution is -2.39. The number of ether oxygens (including phenoxy) is 1. The third kappa shape index (κ3) is 5.84. The van der Waals surface area contributed by atoms with Crippen LogP contribution in [-0.2, 0) is 26.0 Å². The standard InChI is InChI=1S/C16H23NO6S/c1-16(2,3)24(21,22)11-14(18)17(4)9-12-5-7-13(8-6-12)23-10-15(19)20/h5-8H,9-11H2,1-4H3,(H,19,20). The van der Waals surface area contributed by atoms with E-state index in [0.29, 0.717) is 5.75 Å². The van der Waals surface area contributed by atoms with Crippen LogP contribution in [0.5, 0.6) is 5.75 Å². The van der Waals surface area contributed by atoms with Crippen LogP contribution in [0.3, 0.4) is 0 Å². The van der Waals surface area contributed by atoms with Gasteiger partial charge in [0.1, 0.15) is 11.5 Å². The van der Waals surface area contributed by atoms with Crippen molar-refractivity contribution in [1.82, 2.24) is 4.90 Å². The minimum atomic E-state index is -3.52. The van der Waals surface area contributed by atoms with E-state index in [1.165, 1.54) is 11.9 Å². The predicted octanol–water partition coefficient (Wildman–Crippen LogP) is 1.32. The Bertz CT molecular complexity index is 688. The molecule has 0 bridgehead atoms. The quantitative estimate of drug-likeness (QED) is 0.790. The summed E-state index contributed by atoms with van der Waals surface area (Å²) in [4.78, 5) is 23.9. The fraction of sp³-hybridized carbons (Fsp3) is 0.500. The highest BCUT2D eigenvalue weighted by molar-refractivity contribution is 7.93. The minimum Gasteiger partial charge on any atom is -0.482 e. The van der Waals surface area contributed by atoms with Gasteiger partial charge in [-0.2, -0.15) is 0 Å². The molecular formula is C16H23NO6S. The number of carboxylic acid groups (broad SMARTS) is 1. The first-order chi connectivity index (χ1) is 10.9. The number of carbonyl (C=O) groups excluding carboxylic acids is 1. The second-order valence-corrected chi connectivity index (χ2v) is 9.19. The Morgan fingerprint density at radius 3 is 2.17 bits per heavy atom. The minimum absolute atomic E-state index is 0.248. The lowest BCUT2D eigenvalue weighted by Gasteiger charge is -2.22. The Hall–Kier alpha value is -2.09. The molecule has 0 aliphatic rings. The molecule has 0 aliphatic carbocycles. The normalized spacial score (nSPS) is 11.8. The molecule has 1 rings (SSSR count). The van der Waals surface area contributed by atoms with Gasteiger partial charge in [0.15, 0.2) is 16.4 Å². The highest BCUT2D eigenvalue weighted by Crippen LogP contribution is 2.17. The zero-order chi connectivity index (χ0) is 18.5. The van der Waals surface area contributed by atoms with Crippen LogP contribution in [0, 0.1) is 0 Å². The van der Waals surface area contributed by atoms with Crippen molar-refractivity contribution in [2.45, 2.75) is 32.1 Å². The van der Waals surface area contributed by atoms with Crippen LogP contribution in [-0.4, -0.2) is 54.5 Å². The Balaban J connectivity index is 2.66. The number of amides is 1. The number of rotatable bonds is 7. The molecule has 1 N–H and O–H groups in total. The van der Waals surface area contributed by atoms with Crippen LogP contribution in [0.2, 0.25) is 0 Å². The summed E-state index contributed by atoms with van der Waals surface area (Å²) < 4.78 is 28.2. The maximum absolute atomic E-state index is 12.1. The van der Waals surface area contributed by atoms with Crippen LogP contribution < -0.4 is 4.74 Å². The summed E-state index contributed by atoms with van der Waals surface area (Å²) in [7, 11) is -1.99. The van der Waals surface area contributed by atoms with E-state index in [1.54, 1.807) is 45.0 Å². The number of nitrogens with zero attached hydrogens (tertiary/aromatic N) is 1. The third-order valence-electron chi connectivity index (χ3n) is 3.38. The van der Waals surface area contributed by atoms with Crippen molar-refractivity contribution in [1.29, 1.82) is 0 Å². The van der Waals surface area contributed by atoms with Crippen molar-refractivity contribution in [3.05, 3.63) is 29.8 Å². The highest BCUT2D eigenvalue weighted by Gasteiger charge is 2.32. The third-order valence-corrected chi connectivity index (χ3v) is 5.87. The first-order valence-electron chi connectivity index (χ1n) is 7.32. The topological polar surface area (TPSA) is 101 Å². The number of hydrogen-bond acceptors (Lipinski definition) is 5. The zero-order valence-corrected chi connectivity index (χ0v) is 15.1. The average Bonchev–Trinajstić information content (AvgIpc) is 2.44. The van der Waals surface area contributed by atoms with Gasteiger partial charge in [0.25, 0.3) is 0 Å². The van der Waals surface area contributed by atoms with Crippen LogP contribution >= 0.6 is 0 Å². The molecular weight excluding hydrogens is 334 g/mol.